The highest BCUT2D eigenvalue weighted by atomic mass is 35.5. The van der Waals surface area contributed by atoms with Crippen LogP contribution in [0.1, 0.15) is 73.4 Å². The number of hydrogen-bond acceptors (Lipinski definition) is 3. The molecule has 180 valence electrons. The van der Waals surface area contributed by atoms with E-state index in [9.17, 15) is 9.59 Å². The minimum atomic E-state index is -0.254. The number of guanidine groups is 1. The predicted octanol–water partition coefficient (Wildman–Crippen LogP) is 3.96. The van der Waals surface area contributed by atoms with Crippen molar-refractivity contribution in [3.63, 3.8) is 0 Å². The summed E-state index contributed by atoms with van der Waals surface area (Å²) in [5, 5.41) is 5.73. The second-order valence-electron chi connectivity index (χ2n) is 9.89. The average Bonchev–Trinajstić information content (AvgIpc) is 2.69. The van der Waals surface area contributed by atoms with Gasteiger partial charge in [0.05, 0.1) is 6.54 Å². The molecule has 6 N–H and O–H groups in total. The van der Waals surface area contributed by atoms with Crippen molar-refractivity contribution in [3.05, 3.63) is 64.7 Å². The lowest BCUT2D eigenvalue weighted by molar-refractivity contribution is 0.0953. The molecule has 7 nitrogen and oxygen atoms in total. The maximum atomic E-state index is 12.8. The summed E-state index contributed by atoms with van der Waals surface area (Å²) in [7, 11) is 0. The van der Waals surface area contributed by atoms with E-state index in [1.807, 2.05) is 12.1 Å². The molecule has 2 rings (SSSR count). The van der Waals surface area contributed by atoms with Crippen molar-refractivity contribution < 1.29 is 9.59 Å². The maximum absolute atomic E-state index is 12.8. The second kappa shape index (κ2) is 11.2. The van der Waals surface area contributed by atoms with Crippen LogP contribution in [0.15, 0.2) is 47.5 Å². The van der Waals surface area contributed by atoms with Gasteiger partial charge in [-0.15, -0.1) is 12.4 Å². The molecule has 8 heteroatoms. The minimum absolute atomic E-state index is 0. The van der Waals surface area contributed by atoms with Crippen molar-refractivity contribution in [2.45, 2.75) is 52.4 Å². The van der Waals surface area contributed by atoms with Crippen LogP contribution in [-0.4, -0.2) is 30.9 Å². The molecule has 0 aliphatic carbocycles. The van der Waals surface area contributed by atoms with Gasteiger partial charge >= 0.3 is 0 Å². The van der Waals surface area contributed by atoms with Crippen LogP contribution in [0, 0.1) is 0 Å². The van der Waals surface area contributed by atoms with Crippen LogP contribution in [0.25, 0.3) is 0 Å². The first kappa shape index (κ1) is 28.0. The van der Waals surface area contributed by atoms with Gasteiger partial charge < -0.3 is 22.1 Å². The molecule has 0 saturated heterocycles. The Hall–Kier alpha value is -3.06. The van der Waals surface area contributed by atoms with E-state index in [2.05, 4.69) is 63.2 Å². The third-order valence-corrected chi connectivity index (χ3v) is 5.02. The third-order valence-electron chi connectivity index (χ3n) is 5.02. The lowest BCUT2D eigenvalue weighted by Crippen LogP contribution is -2.28. The molecule has 0 spiro atoms. The molecular weight excluding hydrogens is 438 g/mol. The number of carbonyl (C=O) groups is 2. The monoisotopic (exact) mass is 473 g/mol. The van der Waals surface area contributed by atoms with E-state index in [-0.39, 0.29) is 41.0 Å². The van der Waals surface area contributed by atoms with E-state index in [0.717, 1.165) is 16.8 Å². The molecule has 2 aromatic carbocycles. The van der Waals surface area contributed by atoms with Crippen molar-refractivity contribution in [1.82, 2.24) is 5.32 Å². The van der Waals surface area contributed by atoms with Gasteiger partial charge in [-0.2, -0.15) is 0 Å². The second-order valence-corrected chi connectivity index (χ2v) is 9.89. The van der Waals surface area contributed by atoms with Gasteiger partial charge in [-0.25, -0.2) is 0 Å². The molecule has 0 radical (unpaired) electrons. The van der Waals surface area contributed by atoms with Crippen LogP contribution in [-0.2, 0) is 10.8 Å². The first-order valence-electron chi connectivity index (χ1n) is 10.7. The highest BCUT2D eigenvalue weighted by molar-refractivity contribution is 6.05. The fraction of sp³-hybridized carbons (Fsp3) is 0.400. The van der Waals surface area contributed by atoms with Gasteiger partial charge in [0.25, 0.3) is 11.8 Å². The summed E-state index contributed by atoms with van der Waals surface area (Å²) in [6.45, 7) is 13.5. The molecule has 0 unspecified atom stereocenters. The number of nitrogens with two attached hydrogens (primary N) is 2. The van der Waals surface area contributed by atoms with E-state index in [0.29, 0.717) is 24.2 Å². The summed E-state index contributed by atoms with van der Waals surface area (Å²) in [4.78, 5) is 28.9. The van der Waals surface area contributed by atoms with Crippen LogP contribution in [0.2, 0.25) is 0 Å². The number of nitrogens with zero attached hydrogens (tertiary/aromatic N) is 1. The normalized spacial score (nSPS) is 11.2. The number of carbonyl (C=O) groups excluding carboxylic acids is 2. The van der Waals surface area contributed by atoms with Gasteiger partial charge in [0, 0.05) is 23.4 Å². The molecule has 2 amide bonds. The van der Waals surface area contributed by atoms with Crippen molar-refractivity contribution in [3.8, 4) is 0 Å². The highest BCUT2D eigenvalue weighted by Crippen LogP contribution is 2.32. The Kier molecular flexibility index (Phi) is 9.48. The molecule has 0 aromatic heterocycles. The van der Waals surface area contributed by atoms with Crippen molar-refractivity contribution >= 4 is 35.9 Å². The molecule has 0 heterocycles. The molecule has 0 atom stereocenters. The van der Waals surface area contributed by atoms with E-state index >= 15 is 0 Å². The fourth-order valence-corrected chi connectivity index (χ4v) is 3.00. The number of halogens is 1. The highest BCUT2D eigenvalue weighted by Gasteiger charge is 2.21. The maximum Gasteiger partial charge on any atom is 0.255 e. The van der Waals surface area contributed by atoms with Crippen LogP contribution in [0.5, 0.6) is 0 Å². The Morgan fingerprint density at radius 2 is 1.27 bits per heavy atom. The zero-order valence-corrected chi connectivity index (χ0v) is 21.1. The van der Waals surface area contributed by atoms with Crippen molar-refractivity contribution in [2.24, 2.45) is 16.5 Å². The lowest BCUT2D eigenvalue weighted by atomic mass is 9.80. The van der Waals surface area contributed by atoms with Crippen LogP contribution in [0.4, 0.5) is 5.69 Å². The van der Waals surface area contributed by atoms with Crippen LogP contribution < -0.4 is 22.1 Å². The standard InChI is InChI=1S/C25H35N5O2.ClH/c1-24(2,3)18-13-19(25(4,5)6)15-20(14-18)30-22(32)17-9-7-16(8-10-17)21(31)28-11-12-29-23(26)27;/h7-10,13-15H,11-12H2,1-6H3,(H,28,31)(H,30,32)(H4,26,27,29);1H. The molecule has 0 fully saturated rings. The van der Waals surface area contributed by atoms with E-state index < -0.39 is 0 Å². The van der Waals surface area contributed by atoms with E-state index in [1.165, 1.54) is 0 Å². The zero-order valence-electron chi connectivity index (χ0n) is 20.3. The SMILES string of the molecule is CC(C)(C)c1cc(NC(=O)c2ccc(C(=O)NCCN=C(N)N)cc2)cc(C(C)(C)C)c1.Cl. The van der Waals surface area contributed by atoms with Crippen molar-refractivity contribution in [2.75, 3.05) is 18.4 Å². The number of anilines is 1. The molecule has 0 aliphatic heterocycles. The van der Waals surface area contributed by atoms with Crippen molar-refractivity contribution in [1.29, 1.82) is 0 Å². The van der Waals surface area contributed by atoms with Gasteiger partial charge in [-0.3, -0.25) is 14.6 Å². The van der Waals surface area contributed by atoms with Gasteiger partial charge in [-0.05, 0) is 58.4 Å². The fourth-order valence-electron chi connectivity index (χ4n) is 3.00. The van der Waals surface area contributed by atoms with Gasteiger partial charge in [0.2, 0.25) is 0 Å². The van der Waals surface area contributed by atoms with E-state index in [1.54, 1.807) is 24.3 Å². The smallest absolute Gasteiger partial charge is 0.255 e. The predicted molar refractivity (Wildman–Crippen MR) is 138 cm³/mol. The lowest BCUT2D eigenvalue weighted by Gasteiger charge is -2.26. The quantitative estimate of drug-likeness (QED) is 0.288. The Bertz CT molecular complexity index is 967. The largest absolute Gasteiger partial charge is 0.370 e. The Balaban J connectivity index is 0.00000544. The number of benzene rings is 2. The summed E-state index contributed by atoms with van der Waals surface area (Å²) in [5.41, 5.74) is 14.4. The number of amides is 2. The molecular formula is C25H36ClN5O2. The summed E-state index contributed by atoms with van der Waals surface area (Å²) in [6.07, 6.45) is 0. The zero-order chi connectivity index (χ0) is 24.1. The Labute approximate surface area is 202 Å². The molecule has 33 heavy (non-hydrogen) atoms. The van der Waals surface area contributed by atoms with Crippen LogP contribution in [0.3, 0.4) is 0 Å². The average molecular weight is 474 g/mol. The first-order chi connectivity index (χ1) is 14.8. The number of nitrogens with one attached hydrogen (secondary N) is 2. The van der Waals surface area contributed by atoms with Crippen LogP contribution >= 0.6 is 12.4 Å². The first-order valence-corrected chi connectivity index (χ1v) is 10.7. The van der Waals surface area contributed by atoms with Gasteiger partial charge in [0.15, 0.2) is 5.96 Å². The Morgan fingerprint density at radius 3 is 1.70 bits per heavy atom. The molecule has 2 aromatic rings. The summed E-state index contributed by atoms with van der Waals surface area (Å²) < 4.78 is 0. The summed E-state index contributed by atoms with van der Waals surface area (Å²) in [6, 6.07) is 12.8. The molecule has 0 saturated carbocycles. The molecule has 0 aliphatic rings. The van der Waals surface area contributed by atoms with Gasteiger partial charge in [0.1, 0.15) is 0 Å². The Morgan fingerprint density at radius 1 is 0.818 bits per heavy atom. The summed E-state index contributed by atoms with van der Waals surface area (Å²) >= 11 is 0. The number of rotatable bonds is 6. The minimum Gasteiger partial charge on any atom is -0.370 e. The van der Waals surface area contributed by atoms with E-state index in [4.69, 9.17) is 11.5 Å². The topological polar surface area (TPSA) is 123 Å². The summed E-state index contributed by atoms with van der Waals surface area (Å²) in [5.74, 6) is -0.497. The third kappa shape index (κ3) is 8.42. The number of hydrogen-bond donors (Lipinski definition) is 4. The molecule has 0 bridgehead atoms. The van der Waals surface area contributed by atoms with Gasteiger partial charge in [-0.1, -0.05) is 47.6 Å². The number of aliphatic imine (C=N–C) groups is 1.